The zero-order chi connectivity index (χ0) is 27.9. The molecule has 4 heteroatoms. The van der Waals surface area contributed by atoms with E-state index in [9.17, 15) is 9.59 Å². The summed E-state index contributed by atoms with van der Waals surface area (Å²) in [5.74, 6) is -0.0341. The highest BCUT2D eigenvalue weighted by atomic mass is 16.5. The van der Waals surface area contributed by atoms with Crippen LogP contribution in [0.1, 0.15) is 194 Å². The van der Waals surface area contributed by atoms with Gasteiger partial charge in [0.25, 0.3) is 0 Å². The van der Waals surface area contributed by atoms with Crippen molar-refractivity contribution in [2.24, 2.45) is 0 Å². The fraction of sp³-hybridized carbons (Fsp3) is 0.941. The third kappa shape index (κ3) is 31.2. The Kier molecular flexibility index (Phi) is 29.6. The molecule has 0 spiro atoms. The molecule has 0 fully saturated rings. The third-order valence-corrected chi connectivity index (χ3v) is 7.39. The first kappa shape index (κ1) is 36.9. The summed E-state index contributed by atoms with van der Waals surface area (Å²) in [4.78, 5) is 23.2. The molecule has 0 rings (SSSR count). The molecule has 0 bridgehead atoms. The summed E-state index contributed by atoms with van der Waals surface area (Å²) in [5, 5.41) is 0. The molecular weight excluding hydrogens is 472 g/mol. The molecule has 0 aromatic heterocycles. The van der Waals surface area contributed by atoms with Crippen molar-refractivity contribution >= 4 is 11.9 Å². The van der Waals surface area contributed by atoms with Gasteiger partial charge in [-0.2, -0.15) is 0 Å². The van der Waals surface area contributed by atoms with Crippen LogP contribution >= 0.6 is 0 Å². The van der Waals surface area contributed by atoms with E-state index in [0.717, 1.165) is 25.7 Å². The number of carbonyl (C=O) groups excluding carboxylic acids is 2. The first-order chi connectivity index (χ1) is 18.6. The smallest absolute Gasteiger partial charge is 0.306 e. The molecule has 0 radical (unpaired) electrons. The van der Waals surface area contributed by atoms with Gasteiger partial charge in [0.2, 0.25) is 0 Å². The Hall–Kier alpha value is -1.06. The van der Waals surface area contributed by atoms with Crippen LogP contribution < -0.4 is 0 Å². The van der Waals surface area contributed by atoms with Crippen molar-refractivity contribution < 1.29 is 19.1 Å². The minimum atomic E-state index is -0.0398. The SMILES string of the molecule is CCCCCCCOC(=O)CCCCCCCCCCCCCCCCCCCCCCC(=O)OC(C)C. The Balaban J connectivity index is 3.14. The van der Waals surface area contributed by atoms with Gasteiger partial charge < -0.3 is 9.47 Å². The summed E-state index contributed by atoms with van der Waals surface area (Å²) in [6.07, 6.45) is 33.3. The molecular formula is C34H66O4. The lowest BCUT2D eigenvalue weighted by atomic mass is 10.0. The number of carbonyl (C=O) groups is 2. The largest absolute Gasteiger partial charge is 0.466 e. The summed E-state index contributed by atoms with van der Waals surface area (Å²) in [6.45, 7) is 6.65. The van der Waals surface area contributed by atoms with Gasteiger partial charge in [-0.25, -0.2) is 0 Å². The average Bonchev–Trinajstić information content (AvgIpc) is 2.88. The monoisotopic (exact) mass is 538 g/mol. The number of hydrogen-bond acceptors (Lipinski definition) is 4. The van der Waals surface area contributed by atoms with Gasteiger partial charge in [0.1, 0.15) is 0 Å². The summed E-state index contributed by atoms with van der Waals surface area (Å²) >= 11 is 0. The molecule has 0 amide bonds. The molecule has 38 heavy (non-hydrogen) atoms. The van der Waals surface area contributed by atoms with Gasteiger partial charge in [-0.1, -0.05) is 148 Å². The van der Waals surface area contributed by atoms with Crippen LogP contribution in [0.4, 0.5) is 0 Å². The molecule has 0 saturated heterocycles. The van der Waals surface area contributed by atoms with Crippen LogP contribution in [0.2, 0.25) is 0 Å². The fourth-order valence-corrected chi connectivity index (χ4v) is 5.01. The van der Waals surface area contributed by atoms with Crippen molar-refractivity contribution in [3.05, 3.63) is 0 Å². The summed E-state index contributed by atoms with van der Waals surface area (Å²) in [7, 11) is 0. The lowest BCUT2D eigenvalue weighted by molar-refractivity contribution is -0.147. The quantitative estimate of drug-likeness (QED) is 0.0674. The topological polar surface area (TPSA) is 52.6 Å². The highest BCUT2D eigenvalue weighted by Gasteiger charge is 2.05. The van der Waals surface area contributed by atoms with Crippen LogP contribution in [-0.2, 0) is 19.1 Å². The maximum absolute atomic E-state index is 11.7. The molecule has 4 nitrogen and oxygen atoms in total. The number of ether oxygens (including phenoxy) is 2. The Morgan fingerprint density at radius 1 is 0.447 bits per heavy atom. The van der Waals surface area contributed by atoms with Gasteiger partial charge in [-0.15, -0.1) is 0 Å². The standard InChI is InChI=1S/C34H66O4/c1-4-5-6-25-28-31-37-33(35)29-26-23-21-19-17-15-13-11-9-7-8-10-12-14-16-18-20-22-24-27-30-34(36)38-32(2)3/h32H,4-31H2,1-3H3. The van der Waals surface area contributed by atoms with Crippen LogP contribution in [0.15, 0.2) is 0 Å². The van der Waals surface area contributed by atoms with Crippen molar-refractivity contribution in [3.8, 4) is 0 Å². The van der Waals surface area contributed by atoms with Crippen LogP contribution in [-0.4, -0.2) is 24.6 Å². The number of unbranched alkanes of at least 4 members (excludes halogenated alkanes) is 23. The highest BCUT2D eigenvalue weighted by molar-refractivity contribution is 5.69. The first-order valence-corrected chi connectivity index (χ1v) is 16.9. The number of rotatable bonds is 30. The van der Waals surface area contributed by atoms with E-state index >= 15 is 0 Å². The molecule has 0 atom stereocenters. The van der Waals surface area contributed by atoms with Crippen LogP contribution in [0, 0.1) is 0 Å². The molecule has 0 aromatic rings. The molecule has 0 saturated carbocycles. The summed E-state index contributed by atoms with van der Waals surface area (Å²) in [6, 6.07) is 0. The Bertz CT molecular complexity index is 503. The van der Waals surface area contributed by atoms with Crippen molar-refractivity contribution in [2.75, 3.05) is 6.61 Å². The predicted molar refractivity (Wildman–Crippen MR) is 163 cm³/mol. The van der Waals surface area contributed by atoms with Gasteiger partial charge in [-0.05, 0) is 33.1 Å². The second kappa shape index (κ2) is 30.5. The molecule has 0 N–H and O–H groups in total. The van der Waals surface area contributed by atoms with Crippen LogP contribution in [0.5, 0.6) is 0 Å². The lowest BCUT2D eigenvalue weighted by Crippen LogP contribution is -2.10. The second-order valence-corrected chi connectivity index (χ2v) is 11.7. The molecule has 0 heterocycles. The first-order valence-electron chi connectivity index (χ1n) is 16.9. The minimum Gasteiger partial charge on any atom is -0.466 e. The van der Waals surface area contributed by atoms with E-state index in [1.807, 2.05) is 13.8 Å². The van der Waals surface area contributed by atoms with E-state index in [0.29, 0.717) is 19.4 Å². The number of esters is 2. The zero-order valence-corrected chi connectivity index (χ0v) is 26.0. The normalized spacial score (nSPS) is 11.3. The van der Waals surface area contributed by atoms with E-state index in [2.05, 4.69) is 6.92 Å². The highest BCUT2D eigenvalue weighted by Crippen LogP contribution is 2.15. The molecule has 0 aliphatic heterocycles. The van der Waals surface area contributed by atoms with E-state index < -0.39 is 0 Å². The fourth-order valence-electron chi connectivity index (χ4n) is 5.01. The number of hydrogen-bond donors (Lipinski definition) is 0. The Morgan fingerprint density at radius 2 is 0.763 bits per heavy atom. The average molecular weight is 539 g/mol. The second-order valence-electron chi connectivity index (χ2n) is 11.7. The van der Waals surface area contributed by atoms with Gasteiger partial charge in [-0.3, -0.25) is 9.59 Å². The Labute approximate surface area is 237 Å². The maximum atomic E-state index is 11.7. The lowest BCUT2D eigenvalue weighted by Gasteiger charge is -2.07. The summed E-state index contributed by atoms with van der Waals surface area (Å²) in [5.41, 5.74) is 0. The maximum Gasteiger partial charge on any atom is 0.306 e. The van der Waals surface area contributed by atoms with Crippen molar-refractivity contribution in [1.29, 1.82) is 0 Å². The Morgan fingerprint density at radius 3 is 1.13 bits per heavy atom. The van der Waals surface area contributed by atoms with Crippen LogP contribution in [0.25, 0.3) is 0 Å². The molecule has 226 valence electrons. The van der Waals surface area contributed by atoms with Crippen molar-refractivity contribution in [3.63, 3.8) is 0 Å². The van der Waals surface area contributed by atoms with E-state index in [4.69, 9.17) is 9.47 Å². The summed E-state index contributed by atoms with van der Waals surface area (Å²) < 4.78 is 10.5. The predicted octanol–water partition coefficient (Wildman–Crippen LogP) is 11.0. The van der Waals surface area contributed by atoms with Crippen molar-refractivity contribution in [2.45, 2.75) is 200 Å². The molecule has 0 aromatic carbocycles. The molecule has 0 aliphatic carbocycles. The van der Waals surface area contributed by atoms with Gasteiger partial charge in [0.15, 0.2) is 0 Å². The van der Waals surface area contributed by atoms with E-state index in [1.165, 1.54) is 135 Å². The molecule has 0 unspecified atom stereocenters. The van der Waals surface area contributed by atoms with E-state index in [1.54, 1.807) is 0 Å². The van der Waals surface area contributed by atoms with Gasteiger partial charge >= 0.3 is 11.9 Å². The molecule has 0 aliphatic rings. The third-order valence-electron chi connectivity index (χ3n) is 7.39. The van der Waals surface area contributed by atoms with Gasteiger partial charge in [0, 0.05) is 12.8 Å². The van der Waals surface area contributed by atoms with Gasteiger partial charge in [0.05, 0.1) is 12.7 Å². The van der Waals surface area contributed by atoms with Crippen molar-refractivity contribution in [1.82, 2.24) is 0 Å². The van der Waals surface area contributed by atoms with E-state index in [-0.39, 0.29) is 18.0 Å². The zero-order valence-electron chi connectivity index (χ0n) is 26.0. The minimum absolute atomic E-state index is 0.00563. The van der Waals surface area contributed by atoms with Crippen LogP contribution in [0.3, 0.4) is 0 Å².